The van der Waals surface area contributed by atoms with E-state index >= 15 is 0 Å². The van der Waals surface area contributed by atoms with Crippen molar-refractivity contribution in [2.24, 2.45) is 22.2 Å². The standard InChI is InChI=1S/C21H39N7O3/c22-14-18(29)28-13-7-11-17(28)20(31)27-16(10-6-12-25-21(23)24)19(30)26-15-8-4-2-1-3-5-9-15/h15-17H,1-14,22H2,(H,26,30)(H,27,31)(H4,23,24,25)/t16-,17-/m0/s1. The van der Waals surface area contributed by atoms with Gasteiger partial charge in [0.2, 0.25) is 17.7 Å². The number of amides is 3. The Hall–Kier alpha value is -2.36. The molecule has 10 nitrogen and oxygen atoms in total. The highest BCUT2D eigenvalue weighted by atomic mass is 16.2. The van der Waals surface area contributed by atoms with E-state index in [0.717, 1.165) is 32.1 Å². The van der Waals surface area contributed by atoms with Gasteiger partial charge in [-0.15, -0.1) is 0 Å². The summed E-state index contributed by atoms with van der Waals surface area (Å²) < 4.78 is 0. The van der Waals surface area contributed by atoms with Gasteiger partial charge in [0, 0.05) is 19.1 Å². The first-order valence-electron chi connectivity index (χ1n) is 11.6. The van der Waals surface area contributed by atoms with Crippen molar-refractivity contribution in [1.82, 2.24) is 15.5 Å². The van der Waals surface area contributed by atoms with E-state index in [1.54, 1.807) is 0 Å². The van der Waals surface area contributed by atoms with Gasteiger partial charge >= 0.3 is 0 Å². The molecule has 1 aliphatic carbocycles. The molecule has 8 N–H and O–H groups in total. The first-order chi connectivity index (χ1) is 14.9. The molecular weight excluding hydrogens is 398 g/mol. The van der Waals surface area contributed by atoms with Gasteiger partial charge in [-0.05, 0) is 38.5 Å². The second kappa shape index (κ2) is 13.1. The number of carbonyl (C=O) groups is 3. The van der Waals surface area contributed by atoms with Gasteiger partial charge < -0.3 is 32.7 Å². The number of hydrogen-bond acceptors (Lipinski definition) is 5. The zero-order chi connectivity index (χ0) is 22.6. The largest absolute Gasteiger partial charge is 0.370 e. The first-order valence-corrected chi connectivity index (χ1v) is 11.6. The van der Waals surface area contributed by atoms with E-state index in [-0.39, 0.29) is 36.3 Å². The summed E-state index contributed by atoms with van der Waals surface area (Å²) in [5.41, 5.74) is 16.2. The van der Waals surface area contributed by atoms with Gasteiger partial charge in [-0.2, -0.15) is 0 Å². The summed E-state index contributed by atoms with van der Waals surface area (Å²) in [6, 6.07) is -1.14. The lowest BCUT2D eigenvalue weighted by atomic mass is 9.96. The fourth-order valence-electron chi connectivity index (χ4n) is 4.40. The van der Waals surface area contributed by atoms with Crippen molar-refractivity contribution in [3.05, 3.63) is 0 Å². The molecule has 10 heteroatoms. The minimum Gasteiger partial charge on any atom is -0.370 e. The van der Waals surface area contributed by atoms with Gasteiger partial charge in [0.15, 0.2) is 5.96 Å². The van der Waals surface area contributed by atoms with Gasteiger partial charge in [-0.3, -0.25) is 19.4 Å². The molecule has 0 bridgehead atoms. The Morgan fingerprint density at radius 2 is 1.68 bits per heavy atom. The Kier molecular flexibility index (Phi) is 10.6. The van der Waals surface area contributed by atoms with E-state index < -0.39 is 12.1 Å². The molecule has 1 heterocycles. The number of hydrogen-bond donors (Lipinski definition) is 5. The van der Waals surface area contributed by atoms with Crippen LogP contribution in [0.15, 0.2) is 4.99 Å². The maximum absolute atomic E-state index is 13.0. The van der Waals surface area contributed by atoms with Crippen LogP contribution >= 0.6 is 0 Å². The zero-order valence-corrected chi connectivity index (χ0v) is 18.5. The lowest BCUT2D eigenvalue weighted by molar-refractivity contribution is -0.138. The molecule has 2 fully saturated rings. The number of nitrogens with zero attached hydrogens (tertiary/aromatic N) is 2. The number of nitrogens with two attached hydrogens (primary N) is 3. The van der Waals surface area contributed by atoms with Crippen molar-refractivity contribution < 1.29 is 14.4 Å². The Bertz CT molecular complexity index is 628. The highest BCUT2D eigenvalue weighted by Crippen LogP contribution is 2.19. The quantitative estimate of drug-likeness (QED) is 0.188. The van der Waals surface area contributed by atoms with Crippen molar-refractivity contribution >= 4 is 23.7 Å². The van der Waals surface area contributed by atoms with Crippen LogP contribution in [0.25, 0.3) is 0 Å². The molecule has 1 saturated carbocycles. The Morgan fingerprint density at radius 1 is 1.00 bits per heavy atom. The summed E-state index contributed by atoms with van der Waals surface area (Å²) in [6.45, 7) is 0.762. The normalized spacial score (nSPS) is 20.9. The molecule has 3 amide bonds. The average Bonchev–Trinajstić information content (AvgIpc) is 3.21. The number of nitrogens with one attached hydrogen (secondary N) is 2. The van der Waals surface area contributed by atoms with Crippen LogP contribution in [0.2, 0.25) is 0 Å². The van der Waals surface area contributed by atoms with Crippen molar-refractivity contribution in [1.29, 1.82) is 0 Å². The Morgan fingerprint density at radius 3 is 2.32 bits per heavy atom. The van der Waals surface area contributed by atoms with E-state index in [9.17, 15) is 14.4 Å². The zero-order valence-electron chi connectivity index (χ0n) is 18.5. The summed E-state index contributed by atoms with van der Waals surface area (Å²) >= 11 is 0. The molecule has 176 valence electrons. The van der Waals surface area contributed by atoms with Gasteiger partial charge in [0.1, 0.15) is 12.1 Å². The molecule has 1 saturated heterocycles. The molecular formula is C21H39N7O3. The molecule has 0 unspecified atom stereocenters. The van der Waals surface area contributed by atoms with E-state index in [1.807, 2.05) is 0 Å². The predicted molar refractivity (Wildman–Crippen MR) is 120 cm³/mol. The fraction of sp³-hybridized carbons (Fsp3) is 0.810. The number of rotatable bonds is 9. The van der Waals surface area contributed by atoms with Crippen molar-refractivity contribution in [2.45, 2.75) is 88.8 Å². The SMILES string of the molecule is NCC(=O)N1CCC[C@H]1C(=O)N[C@@H](CCCN=C(N)N)C(=O)NC1CCCCCCC1. The van der Waals surface area contributed by atoms with E-state index in [0.29, 0.717) is 32.4 Å². The molecule has 0 radical (unpaired) electrons. The van der Waals surface area contributed by atoms with Gasteiger partial charge in [-0.25, -0.2) is 0 Å². The predicted octanol–water partition coefficient (Wildman–Crippen LogP) is -0.296. The third-order valence-electron chi connectivity index (χ3n) is 6.08. The van der Waals surface area contributed by atoms with E-state index in [2.05, 4.69) is 15.6 Å². The van der Waals surface area contributed by atoms with E-state index in [4.69, 9.17) is 17.2 Å². The van der Waals surface area contributed by atoms with E-state index in [1.165, 1.54) is 24.2 Å². The third kappa shape index (κ3) is 8.35. The highest BCUT2D eigenvalue weighted by molar-refractivity contribution is 5.92. The van der Waals surface area contributed by atoms with Crippen LogP contribution < -0.4 is 27.8 Å². The number of likely N-dealkylation sites (tertiary alicyclic amines) is 1. The molecule has 0 aromatic carbocycles. The summed E-state index contributed by atoms with van der Waals surface area (Å²) in [4.78, 5) is 43.5. The second-order valence-electron chi connectivity index (χ2n) is 8.51. The smallest absolute Gasteiger partial charge is 0.243 e. The highest BCUT2D eigenvalue weighted by Gasteiger charge is 2.35. The fourth-order valence-corrected chi connectivity index (χ4v) is 4.40. The Labute approximate surface area is 184 Å². The monoisotopic (exact) mass is 437 g/mol. The minimum atomic E-state index is -0.692. The number of aliphatic imine (C=N–C) groups is 1. The van der Waals surface area contributed by atoms with Crippen LogP contribution in [-0.4, -0.2) is 66.3 Å². The second-order valence-corrected chi connectivity index (χ2v) is 8.51. The maximum atomic E-state index is 13.0. The third-order valence-corrected chi connectivity index (χ3v) is 6.08. The van der Waals surface area contributed by atoms with Crippen LogP contribution in [0.1, 0.15) is 70.6 Å². The molecule has 0 aromatic heterocycles. The Balaban J connectivity index is 2.00. The van der Waals surface area contributed by atoms with Gasteiger partial charge in [0.05, 0.1) is 6.54 Å². The number of carbonyl (C=O) groups excluding carboxylic acids is 3. The lowest BCUT2D eigenvalue weighted by Crippen LogP contribution is -2.55. The summed E-state index contributed by atoms with van der Waals surface area (Å²) in [6.07, 6.45) is 10.0. The van der Waals surface area contributed by atoms with Crippen molar-refractivity contribution in [3.63, 3.8) is 0 Å². The molecule has 31 heavy (non-hydrogen) atoms. The molecule has 0 spiro atoms. The summed E-state index contributed by atoms with van der Waals surface area (Å²) in [5, 5.41) is 6.01. The summed E-state index contributed by atoms with van der Waals surface area (Å²) in [5.74, 6) is -0.736. The minimum absolute atomic E-state index is 0.00134. The average molecular weight is 438 g/mol. The van der Waals surface area contributed by atoms with Crippen LogP contribution in [0, 0.1) is 0 Å². The molecule has 0 aromatic rings. The van der Waals surface area contributed by atoms with Crippen LogP contribution in [-0.2, 0) is 14.4 Å². The van der Waals surface area contributed by atoms with Crippen LogP contribution in [0.3, 0.4) is 0 Å². The molecule has 2 rings (SSSR count). The van der Waals surface area contributed by atoms with Crippen molar-refractivity contribution in [3.8, 4) is 0 Å². The lowest BCUT2D eigenvalue weighted by Gasteiger charge is -2.28. The number of guanidine groups is 1. The van der Waals surface area contributed by atoms with Gasteiger partial charge in [0.25, 0.3) is 0 Å². The first kappa shape index (κ1) is 24.9. The molecule has 2 aliphatic rings. The topological polar surface area (TPSA) is 169 Å². The van der Waals surface area contributed by atoms with Gasteiger partial charge in [-0.1, -0.05) is 32.1 Å². The van der Waals surface area contributed by atoms with Crippen LogP contribution in [0.5, 0.6) is 0 Å². The van der Waals surface area contributed by atoms with Crippen molar-refractivity contribution in [2.75, 3.05) is 19.6 Å². The van der Waals surface area contributed by atoms with Crippen LogP contribution in [0.4, 0.5) is 0 Å². The molecule has 1 aliphatic heterocycles. The maximum Gasteiger partial charge on any atom is 0.243 e. The molecule has 2 atom stereocenters. The summed E-state index contributed by atoms with van der Waals surface area (Å²) in [7, 11) is 0.